The van der Waals surface area contributed by atoms with Gasteiger partial charge in [0.1, 0.15) is 0 Å². The number of carbonyl (C=O) groups is 3. The standard InChI is InChI=1S/C13H12N2O4S/c16-10(17)6-9-7-20-13(15-12(9)19)14-11(18)8-4-2-1-3-5-8/h1-5,9H,6-7H2,(H,16,17)(H,14,15,18,19). The van der Waals surface area contributed by atoms with Crippen molar-refractivity contribution >= 4 is 34.7 Å². The molecule has 1 fully saturated rings. The molecule has 1 atom stereocenters. The minimum absolute atomic E-state index is 0.213. The normalized spacial score (nSPS) is 20.5. The Bertz CT molecular complexity index is 571. The summed E-state index contributed by atoms with van der Waals surface area (Å²) >= 11 is 1.17. The summed E-state index contributed by atoms with van der Waals surface area (Å²) in [5, 5.41) is 11.3. The van der Waals surface area contributed by atoms with Crippen molar-refractivity contribution in [3.63, 3.8) is 0 Å². The highest BCUT2D eigenvalue weighted by atomic mass is 32.2. The van der Waals surface area contributed by atoms with Gasteiger partial charge in [0.15, 0.2) is 5.17 Å². The summed E-state index contributed by atoms with van der Waals surface area (Å²) in [6.45, 7) is 0. The molecule has 1 aromatic carbocycles. The fourth-order valence-corrected chi connectivity index (χ4v) is 2.61. The monoisotopic (exact) mass is 292 g/mol. The predicted octanol–water partition coefficient (Wildman–Crippen LogP) is 1.14. The second kappa shape index (κ2) is 6.33. The van der Waals surface area contributed by atoms with E-state index in [9.17, 15) is 14.4 Å². The van der Waals surface area contributed by atoms with Crippen LogP contribution in [-0.2, 0) is 9.59 Å². The molecule has 1 aliphatic rings. The number of aliphatic carboxylic acids is 1. The third-order valence-corrected chi connectivity index (χ3v) is 3.70. The Kier molecular flexibility index (Phi) is 4.52. The van der Waals surface area contributed by atoms with Crippen LogP contribution in [0.3, 0.4) is 0 Å². The van der Waals surface area contributed by atoms with Gasteiger partial charge in [-0.25, -0.2) is 0 Å². The number of amidine groups is 1. The number of aliphatic imine (C=N–C) groups is 1. The maximum Gasteiger partial charge on any atom is 0.304 e. The molecule has 0 saturated carbocycles. The maximum atomic E-state index is 11.8. The van der Waals surface area contributed by atoms with E-state index in [1.54, 1.807) is 30.3 Å². The highest BCUT2D eigenvalue weighted by molar-refractivity contribution is 8.14. The lowest BCUT2D eigenvalue weighted by Gasteiger charge is -2.20. The lowest BCUT2D eigenvalue weighted by Crippen LogP contribution is -2.41. The first-order valence-corrected chi connectivity index (χ1v) is 6.88. The number of carbonyl (C=O) groups excluding carboxylic acids is 2. The lowest BCUT2D eigenvalue weighted by atomic mass is 10.1. The third-order valence-electron chi connectivity index (χ3n) is 2.67. The SMILES string of the molecule is O=C(O)CC1CSC(=NC(=O)c2ccccc2)NC1=O. The number of nitrogens with zero attached hydrogens (tertiary/aromatic N) is 1. The number of carboxylic acid groups (broad SMARTS) is 1. The number of hydrogen-bond acceptors (Lipinski definition) is 4. The van der Waals surface area contributed by atoms with E-state index in [4.69, 9.17) is 5.11 Å². The van der Waals surface area contributed by atoms with Crippen molar-refractivity contribution in [2.75, 3.05) is 5.75 Å². The molecule has 1 aromatic rings. The summed E-state index contributed by atoms with van der Waals surface area (Å²) in [6.07, 6.45) is -0.223. The Morgan fingerprint density at radius 3 is 2.65 bits per heavy atom. The summed E-state index contributed by atoms with van der Waals surface area (Å²) in [5.74, 6) is -2.16. The van der Waals surface area contributed by atoms with E-state index >= 15 is 0 Å². The molecule has 0 radical (unpaired) electrons. The molecular weight excluding hydrogens is 280 g/mol. The highest BCUT2D eigenvalue weighted by Crippen LogP contribution is 2.19. The van der Waals surface area contributed by atoms with Crippen molar-refractivity contribution in [3.05, 3.63) is 35.9 Å². The van der Waals surface area contributed by atoms with Gasteiger partial charge in [0.25, 0.3) is 5.91 Å². The van der Waals surface area contributed by atoms with E-state index in [1.807, 2.05) is 0 Å². The van der Waals surface area contributed by atoms with Crippen molar-refractivity contribution in [2.24, 2.45) is 10.9 Å². The summed E-state index contributed by atoms with van der Waals surface area (Å²) in [5.41, 5.74) is 0.433. The largest absolute Gasteiger partial charge is 0.481 e. The molecule has 1 saturated heterocycles. The number of rotatable bonds is 3. The van der Waals surface area contributed by atoms with Gasteiger partial charge < -0.3 is 10.4 Å². The third kappa shape index (κ3) is 3.67. The average Bonchev–Trinajstić information content (AvgIpc) is 2.42. The first kappa shape index (κ1) is 14.3. The molecule has 7 heteroatoms. The van der Waals surface area contributed by atoms with Gasteiger partial charge in [-0.3, -0.25) is 14.4 Å². The second-order valence-corrected chi connectivity index (χ2v) is 5.19. The van der Waals surface area contributed by atoms with Crippen LogP contribution in [0, 0.1) is 5.92 Å². The number of hydrogen-bond donors (Lipinski definition) is 2. The lowest BCUT2D eigenvalue weighted by molar-refractivity contribution is -0.140. The first-order valence-electron chi connectivity index (χ1n) is 5.90. The Labute approximate surface area is 119 Å². The molecule has 20 heavy (non-hydrogen) atoms. The van der Waals surface area contributed by atoms with Crippen LogP contribution in [0.5, 0.6) is 0 Å². The van der Waals surface area contributed by atoms with Gasteiger partial charge in [-0.05, 0) is 12.1 Å². The van der Waals surface area contributed by atoms with Gasteiger partial charge >= 0.3 is 5.97 Å². The van der Waals surface area contributed by atoms with Crippen molar-refractivity contribution in [1.29, 1.82) is 0 Å². The van der Waals surface area contributed by atoms with E-state index in [1.165, 1.54) is 11.8 Å². The molecule has 1 aliphatic heterocycles. The number of benzene rings is 1. The number of nitrogens with one attached hydrogen (secondary N) is 1. The first-order chi connectivity index (χ1) is 9.56. The van der Waals surface area contributed by atoms with Crippen molar-refractivity contribution in [3.8, 4) is 0 Å². The molecule has 1 heterocycles. The number of thioether (sulfide) groups is 1. The molecule has 0 aliphatic carbocycles. The molecule has 104 valence electrons. The molecule has 0 bridgehead atoms. The van der Waals surface area contributed by atoms with Gasteiger partial charge in [-0.1, -0.05) is 30.0 Å². The van der Waals surface area contributed by atoms with Crippen LogP contribution in [0.4, 0.5) is 0 Å². The predicted molar refractivity (Wildman–Crippen MR) is 74.6 cm³/mol. The molecule has 1 unspecified atom stereocenters. The highest BCUT2D eigenvalue weighted by Gasteiger charge is 2.28. The quantitative estimate of drug-likeness (QED) is 0.871. The van der Waals surface area contributed by atoms with Gasteiger partial charge in [0.05, 0.1) is 12.3 Å². The van der Waals surface area contributed by atoms with Gasteiger partial charge in [-0.2, -0.15) is 4.99 Å². The molecule has 2 amide bonds. The zero-order valence-electron chi connectivity index (χ0n) is 10.4. The van der Waals surface area contributed by atoms with Crippen LogP contribution in [0.2, 0.25) is 0 Å². The molecule has 0 aromatic heterocycles. The second-order valence-electron chi connectivity index (χ2n) is 4.18. The van der Waals surface area contributed by atoms with Crippen LogP contribution >= 0.6 is 11.8 Å². The van der Waals surface area contributed by atoms with Crippen molar-refractivity contribution in [2.45, 2.75) is 6.42 Å². The van der Waals surface area contributed by atoms with Gasteiger partial charge in [0, 0.05) is 11.3 Å². The Hall–Kier alpha value is -2.15. The smallest absolute Gasteiger partial charge is 0.304 e. The van der Waals surface area contributed by atoms with Crippen LogP contribution < -0.4 is 5.32 Å². The molecule has 2 rings (SSSR count). The summed E-state index contributed by atoms with van der Waals surface area (Å²) < 4.78 is 0. The van der Waals surface area contributed by atoms with Gasteiger partial charge in [-0.15, -0.1) is 0 Å². The average molecular weight is 292 g/mol. The Balaban J connectivity index is 2.02. The zero-order valence-corrected chi connectivity index (χ0v) is 11.2. The Morgan fingerprint density at radius 1 is 1.35 bits per heavy atom. The van der Waals surface area contributed by atoms with Crippen LogP contribution in [0.25, 0.3) is 0 Å². The minimum Gasteiger partial charge on any atom is -0.481 e. The zero-order chi connectivity index (χ0) is 14.5. The summed E-state index contributed by atoms with van der Waals surface area (Å²) in [7, 11) is 0. The van der Waals surface area contributed by atoms with E-state index in [0.717, 1.165) is 0 Å². The minimum atomic E-state index is -1.02. The van der Waals surface area contributed by atoms with E-state index < -0.39 is 23.7 Å². The van der Waals surface area contributed by atoms with Crippen LogP contribution in [0.15, 0.2) is 35.3 Å². The molecular formula is C13H12N2O4S. The molecule has 2 N–H and O–H groups in total. The van der Waals surface area contributed by atoms with Crippen LogP contribution in [-0.4, -0.2) is 33.8 Å². The molecule has 0 spiro atoms. The summed E-state index contributed by atoms with van der Waals surface area (Å²) in [4.78, 5) is 37.9. The van der Waals surface area contributed by atoms with Crippen LogP contribution in [0.1, 0.15) is 16.8 Å². The fraction of sp³-hybridized carbons (Fsp3) is 0.231. The summed E-state index contributed by atoms with van der Waals surface area (Å²) in [6, 6.07) is 8.51. The fourth-order valence-electron chi connectivity index (χ4n) is 1.66. The van der Waals surface area contributed by atoms with E-state index in [-0.39, 0.29) is 11.6 Å². The van der Waals surface area contributed by atoms with Gasteiger partial charge in [0.2, 0.25) is 5.91 Å². The maximum absolute atomic E-state index is 11.8. The Morgan fingerprint density at radius 2 is 2.05 bits per heavy atom. The van der Waals surface area contributed by atoms with Crippen molar-refractivity contribution < 1.29 is 19.5 Å². The molecule has 6 nitrogen and oxygen atoms in total. The van der Waals surface area contributed by atoms with E-state index in [2.05, 4.69) is 10.3 Å². The van der Waals surface area contributed by atoms with E-state index in [0.29, 0.717) is 11.3 Å². The van der Waals surface area contributed by atoms with Crippen molar-refractivity contribution in [1.82, 2.24) is 5.32 Å². The topological polar surface area (TPSA) is 95.8 Å². The number of amides is 2. The number of carboxylic acids is 1.